The number of benzene rings is 2. The van der Waals surface area contributed by atoms with E-state index in [1.165, 1.54) is 0 Å². The van der Waals surface area contributed by atoms with Crippen molar-refractivity contribution in [3.8, 4) is 5.75 Å². The quantitative estimate of drug-likeness (QED) is 0.189. The Morgan fingerprint density at radius 1 is 0.955 bits per heavy atom. The highest BCUT2D eigenvalue weighted by Gasteiger charge is 2.75. The number of carbonyl (C=O) groups excluding carboxylic acids is 1. The van der Waals surface area contributed by atoms with Gasteiger partial charge in [-0.3, -0.25) is 4.55 Å². The van der Waals surface area contributed by atoms with E-state index >= 15 is 8.78 Å². The van der Waals surface area contributed by atoms with Gasteiger partial charge in [0.05, 0.1) is 12.2 Å². The molecule has 2 bridgehead atoms. The van der Waals surface area contributed by atoms with Gasteiger partial charge in [0.2, 0.25) is 5.79 Å². The van der Waals surface area contributed by atoms with Crippen LogP contribution < -0.4 is 4.74 Å². The molecule has 4 fully saturated rings. The summed E-state index contributed by atoms with van der Waals surface area (Å²) in [5.74, 6) is -10.5. The lowest BCUT2D eigenvalue weighted by Crippen LogP contribution is -2.55. The van der Waals surface area contributed by atoms with E-state index in [2.05, 4.69) is 0 Å². The Balaban J connectivity index is 1.22. The molecule has 6 atom stereocenters. The van der Waals surface area contributed by atoms with E-state index in [1.807, 2.05) is 6.92 Å². The van der Waals surface area contributed by atoms with E-state index in [1.54, 1.807) is 54.6 Å². The van der Waals surface area contributed by atoms with Gasteiger partial charge in [-0.25, -0.2) is 4.79 Å². The van der Waals surface area contributed by atoms with Crippen LogP contribution in [0.5, 0.6) is 5.75 Å². The summed E-state index contributed by atoms with van der Waals surface area (Å²) in [7, 11) is -6.37. The van der Waals surface area contributed by atoms with E-state index in [0.29, 0.717) is 16.9 Å². The Bertz CT molecular complexity index is 1480. The lowest BCUT2D eigenvalue weighted by molar-refractivity contribution is -0.212. The van der Waals surface area contributed by atoms with Crippen LogP contribution in [-0.2, 0) is 34.9 Å². The molecule has 3 saturated carbocycles. The zero-order valence-electron chi connectivity index (χ0n) is 24.0. The van der Waals surface area contributed by atoms with Crippen LogP contribution >= 0.6 is 0 Å². The van der Waals surface area contributed by atoms with Gasteiger partial charge >= 0.3 is 27.3 Å². The highest BCUT2D eigenvalue weighted by Crippen LogP contribution is 2.63. The van der Waals surface area contributed by atoms with Gasteiger partial charge in [-0.2, -0.15) is 26.0 Å². The number of hydrogen-bond donors (Lipinski definition) is 1. The van der Waals surface area contributed by atoms with E-state index in [9.17, 15) is 22.0 Å². The molecule has 1 heterocycles. The summed E-state index contributed by atoms with van der Waals surface area (Å²) in [6.07, 6.45) is 2.35. The monoisotopic (exact) mass is 642 g/mol. The normalized spacial score (nSPS) is 31.2. The van der Waals surface area contributed by atoms with Crippen molar-refractivity contribution in [2.45, 2.75) is 86.6 Å². The van der Waals surface area contributed by atoms with Crippen LogP contribution in [0.2, 0.25) is 0 Å². The van der Waals surface area contributed by atoms with E-state index in [0.717, 1.165) is 32.1 Å². The topological polar surface area (TPSA) is 108 Å². The highest BCUT2D eigenvalue weighted by molar-refractivity contribution is 7.87. The molecule has 1 aliphatic heterocycles. The van der Waals surface area contributed by atoms with Crippen molar-refractivity contribution in [3.05, 3.63) is 65.7 Å². The third-order valence-corrected chi connectivity index (χ3v) is 10.8. The molecule has 240 valence electrons. The van der Waals surface area contributed by atoms with Gasteiger partial charge in [-0.1, -0.05) is 37.3 Å². The minimum absolute atomic E-state index is 0.0875. The van der Waals surface area contributed by atoms with E-state index in [-0.39, 0.29) is 13.0 Å². The number of hydrogen-bond acceptors (Lipinski definition) is 7. The lowest BCUT2D eigenvalue weighted by Gasteiger charge is -2.36. The van der Waals surface area contributed by atoms with Crippen molar-refractivity contribution in [2.75, 3.05) is 6.61 Å². The largest absolute Gasteiger partial charge is 0.482 e. The summed E-state index contributed by atoms with van der Waals surface area (Å²) < 4.78 is 114. The Labute approximate surface area is 252 Å². The van der Waals surface area contributed by atoms with Crippen molar-refractivity contribution < 1.29 is 54.3 Å². The first kappa shape index (κ1) is 31.3. The Hall–Kier alpha value is -2.74. The zero-order chi connectivity index (χ0) is 31.5. The number of fused-ring (bicyclic) bond motifs is 5. The Morgan fingerprint density at radius 2 is 1.57 bits per heavy atom. The minimum atomic E-state index is -6.37. The van der Waals surface area contributed by atoms with Gasteiger partial charge < -0.3 is 18.9 Å². The number of alkyl halides is 4. The van der Waals surface area contributed by atoms with Crippen LogP contribution in [-0.4, -0.2) is 54.5 Å². The van der Waals surface area contributed by atoms with Crippen LogP contribution in [0.15, 0.2) is 54.6 Å². The van der Waals surface area contributed by atoms with Crippen molar-refractivity contribution in [3.63, 3.8) is 0 Å². The smallest absolute Gasteiger partial charge is 0.431 e. The van der Waals surface area contributed by atoms with Crippen LogP contribution in [0.1, 0.15) is 63.0 Å². The predicted molar refractivity (Wildman–Crippen MR) is 148 cm³/mol. The molecule has 1 saturated heterocycles. The number of esters is 1. The average molecular weight is 643 g/mol. The maximum Gasteiger partial charge on any atom is 0.431 e. The van der Waals surface area contributed by atoms with Gasteiger partial charge in [0.25, 0.3) is 0 Å². The Morgan fingerprint density at radius 3 is 2.18 bits per heavy atom. The van der Waals surface area contributed by atoms with E-state index in [4.69, 9.17) is 23.5 Å². The lowest BCUT2D eigenvalue weighted by atomic mass is 9.81. The number of carbonyl (C=O) groups is 1. The fraction of sp³-hybridized carbons (Fsp3) is 0.581. The highest BCUT2D eigenvalue weighted by atomic mass is 32.2. The van der Waals surface area contributed by atoms with E-state index < -0.39 is 75.0 Å². The summed E-state index contributed by atoms with van der Waals surface area (Å²) in [5.41, 5.74) is 0.584. The Kier molecular flexibility index (Phi) is 7.78. The molecule has 4 aliphatic rings. The van der Waals surface area contributed by atoms with Crippen molar-refractivity contribution >= 4 is 16.1 Å². The SMILES string of the molecule is CCC1(OC(=O)COc2ccc(C3(c4ccccc4)OC4C5CC(C4O3)C(C(F)(F)C(F)(F)S(=O)(=O)O)C5)cc2)CCCC1. The number of halogens is 4. The van der Waals surface area contributed by atoms with Crippen LogP contribution in [0, 0.1) is 17.8 Å². The predicted octanol–water partition coefficient (Wildman–Crippen LogP) is 6.09. The van der Waals surface area contributed by atoms with Crippen LogP contribution in [0.3, 0.4) is 0 Å². The molecule has 6 rings (SSSR count). The second-order valence-electron chi connectivity index (χ2n) is 12.3. The second-order valence-corrected chi connectivity index (χ2v) is 13.8. The molecule has 8 nitrogen and oxygen atoms in total. The molecule has 2 aromatic rings. The molecular formula is C31H34F4O8S. The zero-order valence-corrected chi connectivity index (χ0v) is 24.8. The third-order valence-electron chi connectivity index (χ3n) is 9.87. The van der Waals surface area contributed by atoms with Gasteiger partial charge in [-0.05, 0) is 81.0 Å². The molecule has 2 aromatic carbocycles. The molecular weight excluding hydrogens is 608 g/mol. The maximum atomic E-state index is 15.1. The van der Waals surface area contributed by atoms with Crippen molar-refractivity contribution in [2.24, 2.45) is 17.8 Å². The van der Waals surface area contributed by atoms with Gasteiger partial charge in [0.1, 0.15) is 11.4 Å². The molecule has 0 aromatic heterocycles. The molecule has 44 heavy (non-hydrogen) atoms. The minimum Gasteiger partial charge on any atom is -0.482 e. The second kappa shape index (κ2) is 11.0. The molecule has 6 unspecified atom stereocenters. The van der Waals surface area contributed by atoms with Crippen LogP contribution in [0.25, 0.3) is 0 Å². The molecule has 0 radical (unpaired) electrons. The average Bonchev–Trinajstić information content (AvgIpc) is 3.78. The molecule has 0 amide bonds. The maximum absolute atomic E-state index is 15.1. The summed E-state index contributed by atoms with van der Waals surface area (Å²) in [4.78, 5) is 12.5. The number of rotatable bonds is 10. The van der Waals surface area contributed by atoms with Crippen molar-refractivity contribution in [1.29, 1.82) is 0 Å². The molecule has 13 heteroatoms. The summed E-state index contributed by atoms with van der Waals surface area (Å²) in [6, 6.07) is 15.2. The molecule has 0 spiro atoms. The first-order valence-corrected chi connectivity index (χ1v) is 16.3. The summed E-state index contributed by atoms with van der Waals surface area (Å²) in [5, 5.41) is -5.66. The van der Waals surface area contributed by atoms with Gasteiger partial charge in [-0.15, -0.1) is 0 Å². The molecule has 1 N–H and O–H groups in total. The third kappa shape index (κ3) is 5.00. The first-order valence-electron chi connectivity index (χ1n) is 14.8. The first-order chi connectivity index (χ1) is 20.7. The standard InChI is InChI=1S/C31H34F4O8S/c1-2-28(14-6-7-15-28)41-25(36)18-40-22-12-10-21(11-13-22)29(20-8-4-3-5-9-20)42-26-19-16-23(27(26)43-29)24(17-19)30(32,33)31(34,35)44(37,38)39/h3-5,8-13,19,23-24,26-27H,2,6-7,14-18H2,1H3,(H,37,38,39). The van der Waals surface area contributed by atoms with Gasteiger partial charge in [0, 0.05) is 17.0 Å². The van der Waals surface area contributed by atoms with Crippen LogP contribution in [0.4, 0.5) is 17.6 Å². The van der Waals surface area contributed by atoms with Crippen molar-refractivity contribution in [1.82, 2.24) is 0 Å². The fourth-order valence-electron chi connectivity index (χ4n) is 7.62. The summed E-state index contributed by atoms with van der Waals surface area (Å²) >= 11 is 0. The number of ether oxygens (including phenoxy) is 4. The summed E-state index contributed by atoms with van der Waals surface area (Å²) in [6.45, 7) is 1.71. The fourth-order valence-corrected chi connectivity index (χ4v) is 8.11. The van der Waals surface area contributed by atoms with Gasteiger partial charge in [0.15, 0.2) is 6.61 Å². The molecule has 3 aliphatic carbocycles.